The zero-order chi connectivity index (χ0) is 19.8. The van der Waals surface area contributed by atoms with Crippen LogP contribution in [-0.2, 0) is 6.42 Å². The molecular weight excluding hydrogens is 380 g/mol. The normalized spacial score (nSPS) is 13.3. The van der Waals surface area contributed by atoms with Crippen LogP contribution in [0.1, 0.15) is 28.2 Å². The molecule has 4 aromatic rings. The van der Waals surface area contributed by atoms with Crippen molar-refractivity contribution in [3.8, 4) is 16.4 Å². The number of aromatic nitrogens is 3. The van der Waals surface area contributed by atoms with E-state index in [1.807, 2.05) is 58.8 Å². The van der Waals surface area contributed by atoms with Gasteiger partial charge in [0, 0.05) is 12.2 Å². The number of carbonyl (C=O) groups excluding carboxylic acids is 1. The number of hydrogen-bond acceptors (Lipinski definition) is 4. The van der Waals surface area contributed by atoms with Crippen molar-refractivity contribution in [2.24, 2.45) is 0 Å². The average Bonchev–Trinajstić information content (AvgIpc) is 3.43. The molecule has 0 aliphatic carbocycles. The maximum absolute atomic E-state index is 13.4. The molecule has 3 heterocycles. The number of amides is 1. The molecule has 1 amide bonds. The molecule has 5 rings (SSSR count). The van der Waals surface area contributed by atoms with Crippen LogP contribution in [0.25, 0.3) is 16.4 Å². The molecule has 1 aliphatic heterocycles. The van der Waals surface area contributed by atoms with Gasteiger partial charge in [0.1, 0.15) is 0 Å². The summed E-state index contributed by atoms with van der Waals surface area (Å²) in [7, 11) is 0. The van der Waals surface area contributed by atoms with Gasteiger partial charge in [0.2, 0.25) is 5.82 Å². The molecule has 144 valence electrons. The van der Waals surface area contributed by atoms with Gasteiger partial charge in [-0.15, -0.1) is 16.4 Å². The van der Waals surface area contributed by atoms with Crippen molar-refractivity contribution in [2.45, 2.75) is 19.8 Å². The van der Waals surface area contributed by atoms with Crippen LogP contribution in [0.15, 0.2) is 66.0 Å². The SMILES string of the molecule is Cc1ccc2c(c1)CCCN2C(=O)c1nc(-c2cccs2)n(-c2ccccc2)n1. The summed E-state index contributed by atoms with van der Waals surface area (Å²) < 4.78 is 1.76. The van der Waals surface area contributed by atoms with Crippen LogP contribution >= 0.6 is 11.3 Å². The molecule has 0 unspecified atom stereocenters. The fourth-order valence-electron chi connectivity index (χ4n) is 3.77. The van der Waals surface area contributed by atoms with Gasteiger partial charge < -0.3 is 4.90 Å². The number of hydrogen-bond donors (Lipinski definition) is 0. The van der Waals surface area contributed by atoms with E-state index in [0.29, 0.717) is 12.4 Å². The highest BCUT2D eigenvalue weighted by Gasteiger charge is 2.28. The lowest BCUT2D eigenvalue weighted by Gasteiger charge is -2.28. The zero-order valence-electron chi connectivity index (χ0n) is 16.1. The van der Waals surface area contributed by atoms with E-state index in [1.54, 1.807) is 16.0 Å². The van der Waals surface area contributed by atoms with E-state index in [4.69, 9.17) is 0 Å². The molecule has 0 saturated carbocycles. The minimum atomic E-state index is -0.151. The van der Waals surface area contributed by atoms with E-state index in [1.165, 1.54) is 11.1 Å². The second kappa shape index (κ2) is 7.29. The molecule has 0 radical (unpaired) electrons. The number of thiophene rings is 1. The predicted octanol–water partition coefficient (Wildman–Crippen LogP) is 4.90. The van der Waals surface area contributed by atoms with Crippen LogP contribution in [0.2, 0.25) is 0 Å². The lowest BCUT2D eigenvalue weighted by atomic mass is 9.99. The Bertz CT molecular complexity index is 1170. The third kappa shape index (κ3) is 3.25. The summed E-state index contributed by atoms with van der Waals surface area (Å²) in [5, 5.41) is 6.63. The molecule has 1 aliphatic rings. The van der Waals surface area contributed by atoms with Crippen LogP contribution in [0.4, 0.5) is 5.69 Å². The maximum atomic E-state index is 13.4. The quantitative estimate of drug-likeness (QED) is 0.492. The van der Waals surface area contributed by atoms with E-state index in [9.17, 15) is 4.79 Å². The van der Waals surface area contributed by atoms with Gasteiger partial charge in [0.05, 0.1) is 10.6 Å². The minimum absolute atomic E-state index is 0.151. The van der Waals surface area contributed by atoms with Crippen LogP contribution in [0.5, 0.6) is 0 Å². The Labute approximate surface area is 173 Å². The van der Waals surface area contributed by atoms with Crippen molar-refractivity contribution in [2.75, 3.05) is 11.4 Å². The molecule has 0 N–H and O–H groups in total. The van der Waals surface area contributed by atoms with Crippen molar-refractivity contribution >= 4 is 22.9 Å². The van der Waals surface area contributed by atoms with E-state index >= 15 is 0 Å². The Morgan fingerprint density at radius 3 is 2.72 bits per heavy atom. The van der Waals surface area contributed by atoms with Crippen LogP contribution in [-0.4, -0.2) is 27.2 Å². The summed E-state index contributed by atoms with van der Waals surface area (Å²) in [6.07, 6.45) is 1.94. The van der Waals surface area contributed by atoms with Crippen molar-refractivity contribution in [3.63, 3.8) is 0 Å². The van der Waals surface area contributed by atoms with Gasteiger partial charge in [-0.1, -0.05) is 42.0 Å². The van der Waals surface area contributed by atoms with Crippen LogP contribution < -0.4 is 4.90 Å². The first-order chi connectivity index (χ1) is 14.2. The maximum Gasteiger partial charge on any atom is 0.297 e. The molecule has 0 fully saturated rings. The largest absolute Gasteiger partial charge is 0.305 e. The molecule has 0 bridgehead atoms. The van der Waals surface area contributed by atoms with Crippen LogP contribution in [0.3, 0.4) is 0 Å². The Hall–Kier alpha value is -3.25. The second-order valence-electron chi connectivity index (χ2n) is 7.18. The van der Waals surface area contributed by atoms with Crippen molar-refractivity contribution in [3.05, 3.63) is 83.0 Å². The standard InChI is InChI=1S/C23H20N4OS/c1-16-11-12-19-17(15-16)7-5-13-26(19)23(28)21-24-22(20-10-6-14-29-20)27(25-21)18-8-3-2-4-9-18/h2-4,6,8-12,14-15H,5,7,13H2,1H3. The summed E-state index contributed by atoms with van der Waals surface area (Å²) in [6.45, 7) is 2.76. The van der Waals surface area contributed by atoms with Gasteiger partial charge >= 0.3 is 0 Å². The highest BCUT2D eigenvalue weighted by atomic mass is 32.1. The molecular formula is C23H20N4OS. The molecule has 2 aromatic carbocycles. The van der Waals surface area contributed by atoms with Gasteiger partial charge in [-0.05, 0) is 55.0 Å². The van der Waals surface area contributed by atoms with Gasteiger partial charge in [-0.3, -0.25) is 4.79 Å². The van der Waals surface area contributed by atoms with E-state index in [-0.39, 0.29) is 11.7 Å². The number of aryl methyl sites for hydroxylation is 2. The van der Waals surface area contributed by atoms with Crippen molar-refractivity contribution < 1.29 is 4.79 Å². The summed E-state index contributed by atoms with van der Waals surface area (Å²) >= 11 is 1.59. The summed E-state index contributed by atoms with van der Waals surface area (Å²) in [5.41, 5.74) is 4.28. The number of benzene rings is 2. The zero-order valence-corrected chi connectivity index (χ0v) is 16.9. The monoisotopic (exact) mass is 400 g/mol. The van der Waals surface area contributed by atoms with E-state index in [0.717, 1.165) is 29.1 Å². The van der Waals surface area contributed by atoms with Crippen molar-refractivity contribution in [1.82, 2.24) is 14.8 Å². The van der Waals surface area contributed by atoms with Gasteiger partial charge in [-0.25, -0.2) is 9.67 Å². The first-order valence-electron chi connectivity index (χ1n) is 9.68. The minimum Gasteiger partial charge on any atom is -0.305 e. The van der Waals surface area contributed by atoms with E-state index in [2.05, 4.69) is 29.1 Å². The number of para-hydroxylation sites is 1. The van der Waals surface area contributed by atoms with Crippen LogP contribution in [0, 0.1) is 6.92 Å². The Balaban J connectivity index is 1.58. The first kappa shape index (κ1) is 17.8. The number of anilines is 1. The van der Waals surface area contributed by atoms with Gasteiger partial charge in [0.25, 0.3) is 5.91 Å². The lowest BCUT2D eigenvalue weighted by Crippen LogP contribution is -2.36. The van der Waals surface area contributed by atoms with Gasteiger partial charge in [0.15, 0.2) is 5.82 Å². The van der Waals surface area contributed by atoms with E-state index < -0.39 is 0 Å². The van der Waals surface area contributed by atoms with Crippen molar-refractivity contribution in [1.29, 1.82) is 0 Å². The van der Waals surface area contributed by atoms with Gasteiger partial charge in [-0.2, -0.15) is 0 Å². The molecule has 0 atom stereocenters. The first-order valence-corrected chi connectivity index (χ1v) is 10.6. The number of rotatable bonds is 3. The highest BCUT2D eigenvalue weighted by Crippen LogP contribution is 2.30. The predicted molar refractivity (Wildman–Crippen MR) is 116 cm³/mol. The fraction of sp³-hybridized carbons (Fsp3) is 0.174. The molecule has 0 saturated heterocycles. The third-order valence-electron chi connectivity index (χ3n) is 5.14. The smallest absolute Gasteiger partial charge is 0.297 e. The molecule has 29 heavy (non-hydrogen) atoms. The number of fused-ring (bicyclic) bond motifs is 1. The molecule has 2 aromatic heterocycles. The molecule has 5 nitrogen and oxygen atoms in total. The summed E-state index contributed by atoms with van der Waals surface area (Å²) in [5.74, 6) is 0.767. The Morgan fingerprint density at radius 2 is 1.93 bits per heavy atom. The number of carbonyl (C=O) groups is 1. The Morgan fingerprint density at radius 1 is 1.07 bits per heavy atom. The Kier molecular flexibility index (Phi) is 4.48. The third-order valence-corrected chi connectivity index (χ3v) is 6.01. The highest BCUT2D eigenvalue weighted by molar-refractivity contribution is 7.13. The molecule has 6 heteroatoms. The topological polar surface area (TPSA) is 51.0 Å². The average molecular weight is 401 g/mol. The fourth-order valence-corrected chi connectivity index (χ4v) is 4.47. The molecule has 0 spiro atoms. The number of nitrogens with zero attached hydrogens (tertiary/aromatic N) is 4. The second-order valence-corrected chi connectivity index (χ2v) is 8.12. The summed E-state index contributed by atoms with van der Waals surface area (Å²) in [6, 6.07) is 20.1. The summed E-state index contributed by atoms with van der Waals surface area (Å²) in [4.78, 5) is 20.9. The lowest BCUT2D eigenvalue weighted by molar-refractivity contribution is 0.0975.